The quantitative estimate of drug-likeness (QED) is 0.302. The smallest absolute Gasteiger partial charge is 0.132 e. The van der Waals surface area contributed by atoms with Crippen LogP contribution in [0.3, 0.4) is 0 Å². The summed E-state index contributed by atoms with van der Waals surface area (Å²) in [5.74, 6) is 3.79. The van der Waals surface area contributed by atoms with Crippen LogP contribution in [-0.4, -0.2) is 17.8 Å². The number of rotatable bonds is 14. The Morgan fingerprint density at radius 1 is 0.909 bits per heavy atom. The van der Waals surface area contributed by atoms with E-state index in [0.717, 1.165) is 65.0 Å². The number of aromatic hydroxyl groups is 1. The van der Waals surface area contributed by atoms with Crippen LogP contribution in [-0.2, 0) is 17.8 Å². The molecule has 3 atom stereocenters. The minimum absolute atomic E-state index is 0.158. The van der Waals surface area contributed by atoms with Crippen molar-refractivity contribution in [1.82, 2.24) is 0 Å². The first-order valence-electron chi connectivity index (χ1n) is 13.6. The molecule has 1 aliphatic rings. The fourth-order valence-corrected chi connectivity index (χ4v) is 5.43. The van der Waals surface area contributed by atoms with Crippen LogP contribution < -0.4 is 4.74 Å². The van der Waals surface area contributed by atoms with Gasteiger partial charge >= 0.3 is 0 Å². The summed E-state index contributed by atoms with van der Waals surface area (Å²) in [5, 5.41) is 10.7. The summed E-state index contributed by atoms with van der Waals surface area (Å²) in [6.45, 7) is 16.3. The SMILES string of the molecule is COCc1c(C)c(C)c(O)c2c1O[C@](C)(CCC[C@H](C)CCC[C@H](C)CCCC(C)C)CC2. The van der Waals surface area contributed by atoms with Crippen LogP contribution in [0.15, 0.2) is 0 Å². The number of hydrogen-bond donors (Lipinski definition) is 1. The van der Waals surface area contributed by atoms with Crippen LogP contribution in [0, 0.1) is 31.6 Å². The van der Waals surface area contributed by atoms with E-state index in [0.29, 0.717) is 12.4 Å². The minimum atomic E-state index is -0.158. The second-order valence-electron chi connectivity index (χ2n) is 11.7. The van der Waals surface area contributed by atoms with Gasteiger partial charge in [0.25, 0.3) is 0 Å². The Bertz CT molecular complexity index is 739. The highest BCUT2D eigenvalue weighted by molar-refractivity contribution is 5.59. The largest absolute Gasteiger partial charge is 0.507 e. The lowest BCUT2D eigenvalue weighted by Crippen LogP contribution is -2.37. The van der Waals surface area contributed by atoms with Crippen LogP contribution in [0.25, 0.3) is 0 Å². The van der Waals surface area contributed by atoms with E-state index in [1.165, 1.54) is 51.4 Å². The Hall–Kier alpha value is -1.22. The van der Waals surface area contributed by atoms with Crippen molar-refractivity contribution in [1.29, 1.82) is 0 Å². The second-order valence-corrected chi connectivity index (χ2v) is 11.7. The van der Waals surface area contributed by atoms with Gasteiger partial charge in [-0.3, -0.25) is 0 Å². The highest BCUT2D eigenvalue weighted by Gasteiger charge is 2.35. The molecule has 0 spiro atoms. The van der Waals surface area contributed by atoms with Crippen molar-refractivity contribution in [3.8, 4) is 11.5 Å². The molecule has 3 heteroatoms. The molecule has 1 aromatic rings. The summed E-state index contributed by atoms with van der Waals surface area (Å²) in [6.07, 6.45) is 13.6. The zero-order chi connectivity index (χ0) is 24.6. The predicted octanol–water partition coefficient (Wildman–Crippen LogP) is 8.68. The van der Waals surface area contributed by atoms with Crippen LogP contribution in [0.2, 0.25) is 0 Å². The monoisotopic (exact) mass is 460 g/mol. The molecule has 3 nitrogen and oxygen atoms in total. The first kappa shape index (κ1) is 28.0. The van der Waals surface area contributed by atoms with E-state index in [2.05, 4.69) is 41.5 Å². The summed E-state index contributed by atoms with van der Waals surface area (Å²) < 4.78 is 12.1. The van der Waals surface area contributed by atoms with Crippen LogP contribution in [0.4, 0.5) is 0 Å². The van der Waals surface area contributed by atoms with Crippen molar-refractivity contribution in [2.45, 2.75) is 131 Å². The summed E-state index contributed by atoms with van der Waals surface area (Å²) >= 11 is 0. The topological polar surface area (TPSA) is 38.7 Å². The van der Waals surface area contributed by atoms with Crippen LogP contribution >= 0.6 is 0 Å². The zero-order valence-corrected chi connectivity index (χ0v) is 23.0. The molecule has 1 N–H and O–H groups in total. The third-order valence-corrected chi connectivity index (χ3v) is 8.02. The summed E-state index contributed by atoms with van der Waals surface area (Å²) in [4.78, 5) is 0. The van der Waals surface area contributed by atoms with Gasteiger partial charge in [0.1, 0.15) is 17.1 Å². The highest BCUT2D eigenvalue weighted by Crippen LogP contribution is 2.45. The fraction of sp³-hybridized carbons (Fsp3) is 0.800. The van der Waals surface area contributed by atoms with E-state index in [9.17, 15) is 5.11 Å². The molecule has 190 valence electrons. The van der Waals surface area contributed by atoms with Gasteiger partial charge in [0.15, 0.2) is 0 Å². The average Bonchev–Trinajstić information content (AvgIpc) is 2.75. The molecule has 0 aliphatic carbocycles. The predicted molar refractivity (Wildman–Crippen MR) is 140 cm³/mol. The van der Waals surface area contributed by atoms with Crippen LogP contribution in [0.1, 0.15) is 121 Å². The second kappa shape index (κ2) is 13.0. The number of phenolic OH excluding ortho intramolecular Hbond substituents is 1. The number of hydrogen-bond acceptors (Lipinski definition) is 3. The lowest BCUT2D eigenvalue weighted by atomic mass is 9.84. The van der Waals surface area contributed by atoms with E-state index in [1.807, 2.05) is 6.92 Å². The number of methoxy groups -OCH3 is 1. The molecule has 0 saturated carbocycles. The molecule has 0 aromatic heterocycles. The Morgan fingerprint density at radius 2 is 1.48 bits per heavy atom. The van der Waals surface area contributed by atoms with Crippen molar-refractivity contribution in [3.05, 3.63) is 22.3 Å². The first-order chi connectivity index (χ1) is 15.6. The van der Waals surface area contributed by atoms with Gasteiger partial charge in [-0.25, -0.2) is 0 Å². The number of ether oxygens (including phenoxy) is 2. The Labute approximate surface area is 204 Å². The number of benzene rings is 1. The molecule has 33 heavy (non-hydrogen) atoms. The van der Waals surface area contributed by atoms with Crippen LogP contribution in [0.5, 0.6) is 11.5 Å². The van der Waals surface area contributed by atoms with E-state index in [4.69, 9.17) is 9.47 Å². The highest BCUT2D eigenvalue weighted by atomic mass is 16.5. The molecular weight excluding hydrogens is 408 g/mol. The molecule has 0 unspecified atom stereocenters. The van der Waals surface area contributed by atoms with Gasteiger partial charge in [0, 0.05) is 18.2 Å². The molecule has 2 rings (SSSR count). The lowest BCUT2D eigenvalue weighted by molar-refractivity contribution is 0.0477. The van der Waals surface area contributed by atoms with Crippen molar-refractivity contribution in [2.75, 3.05) is 7.11 Å². The zero-order valence-electron chi connectivity index (χ0n) is 23.0. The molecule has 1 heterocycles. The molecule has 0 radical (unpaired) electrons. The standard InChI is InChI=1S/C30H52O3/c1-21(2)12-9-13-22(3)14-10-15-23(4)16-11-18-30(7)19-17-26-28(31)25(6)24(5)27(20-32-8)29(26)33-30/h21-23,31H,9-20H2,1-8H3/t22-,23-,30-/m1/s1. The average molecular weight is 461 g/mol. The Balaban J connectivity index is 1.81. The molecule has 1 aliphatic heterocycles. The maximum Gasteiger partial charge on any atom is 0.132 e. The molecule has 0 bridgehead atoms. The summed E-state index contributed by atoms with van der Waals surface area (Å²) in [7, 11) is 1.73. The first-order valence-corrected chi connectivity index (χ1v) is 13.6. The molecule has 1 aromatic carbocycles. The maximum atomic E-state index is 10.7. The van der Waals surface area contributed by atoms with E-state index < -0.39 is 0 Å². The Morgan fingerprint density at radius 3 is 2.06 bits per heavy atom. The van der Waals surface area contributed by atoms with Gasteiger partial charge in [0.05, 0.1) is 6.61 Å². The van der Waals surface area contributed by atoms with Gasteiger partial charge in [-0.05, 0) is 75.3 Å². The molecule has 0 saturated heterocycles. The van der Waals surface area contributed by atoms with Gasteiger partial charge in [0.2, 0.25) is 0 Å². The summed E-state index contributed by atoms with van der Waals surface area (Å²) in [6, 6.07) is 0. The molecule has 0 amide bonds. The third kappa shape index (κ3) is 8.19. The lowest BCUT2D eigenvalue weighted by Gasteiger charge is -2.38. The molecule has 0 fully saturated rings. The maximum absolute atomic E-state index is 10.7. The van der Waals surface area contributed by atoms with E-state index in [-0.39, 0.29) is 5.60 Å². The van der Waals surface area contributed by atoms with Crippen molar-refractivity contribution in [3.63, 3.8) is 0 Å². The van der Waals surface area contributed by atoms with E-state index in [1.54, 1.807) is 7.11 Å². The van der Waals surface area contributed by atoms with Gasteiger partial charge in [-0.15, -0.1) is 0 Å². The fourth-order valence-electron chi connectivity index (χ4n) is 5.43. The van der Waals surface area contributed by atoms with Crippen molar-refractivity contribution >= 4 is 0 Å². The van der Waals surface area contributed by atoms with Gasteiger partial charge < -0.3 is 14.6 Å². The van der Waals surface area contributed by atoms with Gasteiger partial charge in [-0.1, -0.05) is 72.6 Å². The molecular formula is C30H52O3. The summed E-state index contributed by atoms with van der Waals surface area (Å²) in [5.41, 5.74) is 3.96. The van der Waals surface area contributed by atoms with Crippen molar-refractivity contribution < 1.29 is 14.6 Å². The van der Waals surface area contributed by atoms with Gasteiger partial charge in [-0.2, -0.15) is 0 Å². The normalized spacial score (nSPS) is 19.9. The van der Waals surface area contributed by atoms with E-state index >= 15 is 0 Å². The van der Waals surface area contributed by atoms with Crippen molar-refractivity contribution in [2.24, 2.45) is 17.8 Å². The number of fused-ring (bicyclic) bond motifs is 1. The minimum Gasteiger partial charge on any atom is -0.507 e. The third-order valence-electron chi connectivity index (χ3n) is 8.02. The Kier molecular flexibility index (Phi) is 11.1. The number of phenols is 1.